The molecule has 5 nitrogen and oxygen atoms in total. The summed E-state index contributed by atoms with van der Waals surface area (Å²) in [6.45, 7) is 6.83. The molecule has 0 bridgehead atoms. The van der Waals surface area contributed by atoms with Crippen LogP contribution in [0.1, 0.15) is 31.2 Å². The van der Waals surface area contributed by atoms with Crippen LogP contribution in [0.25, 0.3) is 0 Å². The molecule has 0 fully saturated rings. The topological polar surface area (TPSA) is 54.8 Å². The molecular formula is C14H19N5. The molecule has 1 aromatic heterocycles. The highest BCUT2D eigenvalue weighted by Crippen LogP contribution is 2.35. The van der Waals surface area contributed by atoms with Gasteiger partial charge in [-0.05, 0) is 25.5 Å². The Bertz CT molecular complexity index is 575. The van der Waals surface area contributed by atoms with Crippen LogP contribution in [-0.2, 0) is 6.54 Å². The van der Waals surface area contributed by atoms with Crippen LogP contribution in [0.15, 0.2) is 24.3 Å². The fourth-order valence-corrected chi connectivity index (χ4v) is 2.69. The van der Waals surface area contributed by atoms with E-state index in [1.54, 1.807) is 0 Å². The maximum atomic E-state index is 4.40. The average molecular weight is 257 g/mol. The van der Waals surface area contributed by atoms with E-state index in [4.69, 9.17) is 0 Å². The van der Waals surface area contributed by atoms with Gasteiger partial charge in [-0.25, -0.2) is 0 Å². The molecule has 100 valence electrons. The van der Waals surface area contributed by atoms with Gasteiger partial charge < -0.3 is 10.6 Å². The number of anilines is 2. The number of benzene rings is 1. The maximum absolute atomic E-state index is 4.40. The van der Waals surface area contributed by atoms with Gasteiger partial charge in [0.15, 0.2) is 0 Å². The molecule has 3 rings (SSSR count). The number of fused-ring (bicyclic) bond motifs is 1. The Balaban J connectivity index is 2.00. The molecule has 1 unspecified atom stereocenters. The van der Waals surface area contributed by atoms with Gasteiger partial charge in [0.05, 0.1) is 5.92 Å². The average Bonchev–Trinajstić information content (AvgIpc) is 3.02. The van der Waals surface area contributed by atoms with Crippen LogP contribution >= 0.6 is 0 Å². The number of para-hydroxylation sites is 1. The molecule has 1 aliphatic rings. The zero-order valence-electron chi connectivity index (χ0n) is 11.3. The maximum Gasteiger partial charge on any atom is 0.224 e. The van der Waals surface area contributed by atoms with Crippen molar-refractivity contribution in [3.05, 3.63) is 35.7 Å². The first kappa shape index (κ1) is 12.0. The molecule has 2 heterocycles. The van der Waals surface area contributed by atoms with Gasteiger partial charge in [0.2, 0.25) is 5.95 Å². The minimum atomic E-state index is 0.288. The van der Waals surface area contributed by atoms with Crippen molar-refractivity contribution in [3.8, 4) is 0 Å². The van der Waals surface area contributed by atoms with E-state index in [1.165, 1.54) is 11.3 Å². The van der Waals surface area contributed by atoms with Gasteiger partial charge >= 0.3 is 0 Å². The predicted octanol–water partition coefficient (Wildman–Crippen LogP) is 2.29. The van der Waals surface area contributed by atoms with Crippen LogP contribution in [0.4, 0.5) is 11.6 Å². The van der Waals surface area contributed by atoms with E-state index in [2.05, 4.69) is 63.5 Å². The molecule has 1 aromatic carbocycles. The molecule has 0 radical (unpaired) electrons. The summed E-state index contributed by atoms with van der Waals surface area (Å²) >= 11 is 0. The SMILES string of the molecule is CCNc1nnc(C2CNc3ccccc32)n1CC. The van der Waals surface area contributed by atoms with Crippen LogP contribution in [0.5, 0.6) is 0 Å². The minimum Gasteiger partial charge on any atom is -0.384 e. The van der Waals surface area contributed by atoms with Crippen molar-refractivity contribution < 1.29 is 0 Å². The lowest BCUT2D eigenvalue weighted by molar-refractivity contribution is 0.671. The third-order valence-electron chi connectivity index (χ3n) is 3.58. The summed E-state index contributed by atoms with van der Waals surface area (Å²) in [7, 11) is 0. The lowest BCUT2D eigenvalue weighted by atomic mass is 10.0. The first-order valence-electron chi connectivity index (χ1n) is 6.84. The van der Waals surface area contributed by atoms with Crippen LogP contribution in [-0.4, -0.2) is 27.9 Å². The Morgan fingerprint density at radius 1 is 1.32 bits per heavy atom. The number of aromatic nitrogens is 3. The molecule has 2 N–H and O–H groups in total. The monoisotopic (exact) mass is 257 g/mol. The summed E-state index contributed by atoms with van der Waals surface area (Å²) in [6.07, 6.45) is 0. The van der Waals surface area contributed by atoms with E-state index in [0.29, 0.717) is 0 Å². The quantitative estimate of drug-likeness (QED) is 0.882. The van der Waals surface area contributed by atoms with Crippen molar-refractivity contribution in [1.29, 1.82) is 0 Å². The standard InChI is InChI=1S/C14H19N5/c1-3-15-14-18-17-13(19(14)4-2)11-9-16-12-8-6-5-7-10(11)12/h5-8,11,16H,3-4,9H2,1-2H3,(H,15,18). The zero-order chi connectivity index (χ0) is 13.2. The Morgan fingerprint density at radius 3 is 2.95 bits per heavy atom. The van der Waals surface area contributed by atoms with Gasteiger partial charge in [0.1, 0.15) is 5.82 Å². The molecular weight excluding hydrogens is 238 g/mol. The number of hydrogen-bond acceptors (Lipinski definition) is 4. The summed E-state index contributed by atoms with van der Waals surface area (Å²) in [4.78, 5) is 0. The Kier molecular flexibility index (Phi) is 3.11. The molecule has 0 aliphatic carbocycles. The Morgan fingerprint density at radius 2 is 2.16 bits per heavy atom. The summed E-state index contributed by atoms with van der Waals surface area (Å²) in [5, 5.41) is 15.4. The third-order valence-corrected chi connectivity index (χ3v) is 3.58. The van der Waals surface area contributed by atoms with E-state index >= 15 is 0 Å². The van der Waals surface area contributed by atoms with E-state index in [0.717, 1.165) is 31.4 Å². The van der Waals surface area contributed by atoms with Gasteiger partial charge in [0.25, 0.3) is 0 Å². The fraction of sp³-hybridized carbons (Fsp3) is 0.429. The zero-order valence-corrected chi connectivity index (χ0v) is 11.3. The number of nitrogens with zero attached hydrogens (tertiary/aromatic N) is 3. The van der Waals surface area contributed by atoms with E-state index in [-0.39, 0.29) is 5.92 Å². The van der Waals surface area contributed by atoms with Crippen molar-refractivity contribution in [1.82, 2.24) is 14.8 Å². The summed E-state index contributed by atoms with van der Waals surface area (Å²) in [6, 6.07) is 8.42. The normalized spacial score (nSPS) is 17.1. The second kappa shape index (κ2) is 4.91. The van der Waals surface area contributed by atoms with Crippen LogP contribution < -0.4 is 10.6 Å². The van der Waals surface area contributed by atoms with Crippen molar-refractivity contribution in [2.24, 2.45) is 0 Å². The van der Waals surface area contributed by atoms with Gasteiger partial charge in [-0.15, -0.1) is 10.2 Å². The van der Waals surface area contributed by atoms with E-state index in [1.807, 2.05) is 0 Å². The first-order valence-corrected chi connectivity index (χ1v) is 6.84. The molecule has 0 saturated heterocycles. The predicted molar refractivity (Wildman–Crippen MR) is 76.6 cm³/mol. The van der Waals surface area contributed by atoms with Crippen LogP contribution in [0.2, 0.25) is 0 Å². The number of nitrogens with one attached hydrogen (secondary N) is 2. The van der Waals surface area contributed by atoms with E-state index < -0.39 is 0 Å². The molecule has 1 atom stereocenters. The minimum absolute atomic E-state index is 0.288. The van der Waals surface area contributed by atoms with Crippen LogP contribution in [0, 0.1) is 0 Å². The smallest absolute Gasteiger partial charge is 0.224 e. The molecule has 0 saturated carbocycles. The van der Waals surface area contributed by atoms with Crippen molar-refractivity contribution in [2.75, 3.05) is 23.7 Å². The summed E-state index contributed by atoms with van der Waals surface area (Å²) < 4.78 is 2.16. The largest absolute Gasteiger partial charge is 0.384 e. The summed E-state index contributed by atoms with van der Waals surface area (Å²) in [5.41, 5.74) is 2.52. The lowest BCUT2D eigenvalue weighted by Gasteiger charge is -2.12. The molecule has 19 heavy (non-hydrogen) atoms. The molecule has 5 heteroatoms. The van der Waals surface area contributed by atoms with Gasteiger partial charge in [-0.3, -0.25) is 4.57 Å². The van der Waals surface area contributed by atoms with Crippen molar-refractivity contribution in [2.45, 2.75) is 26.3 Å². The lowest BCUT2D eigenvalue weighted by Crippen LogP contribution is -2.13. The molecule has 0 amide bonds. The second-order valence-electron chi connectivity index (χ2n) is 4.68. The molecule has 1 aliphatic heterocycles. The second-order valence-corrected chi connectivity index (χ2v) is 4.68. The Labute approximate surface area is 113 Å². The number of rotatable bonds is 4. The fourth-order valence-electron chi connectivity index (χ4n) is 2.69. The third kappa shape index (κ3) is 1.95. The molecule has 0 spiro atoms. The van der Waals surface area contributed by atoms with Crippen molar-refractivity contribution >= 4 is 11.6 Å². The molecule has 2 aromatic rings. The summed E-state index contributed by atoms with van der Waals surface area (Å²) in [5.74, 6) is 2.19. The van der Waals surface area contributed by atoms with Gasteiger partial charge in [-0.1, -0.05) is 18.2 Å². The van der Waals surface area contributed by atoms with Gasteiger partial charge in [0, 0.05) is 25.3 Å². The van der Waals surface area contributed by atoms with Crippen LogP contribution in [0.3, 0.4) is 0 Å². The van der Waals surface area contributed by atoms with Crippen molar-refractivity contribution in [3.63, 3.8) is 0 Å². The van der Waals surface area contributed by atoms with Gasteiger partial charge in [-0.2, -0.15) is 0 Å². The first-order chi connectivity index (χ1) is 9.35. The Hall–Kier alpha value is -2.04. The number of hydrogen-bond donors (Lipinski definition) is 2. The highest BCUT2D eigenvalue weighted by molar-refractivity contribution is 5.59. The highest BCUT2D eigenvalue weighted by Gasteiger charge is 2.28. The highest BCUT2D eigenvalue weighted by atomic mass is 15.4. The van der Waals surface area contributed by atoms with E-state index in [9.17, 15) is 0 Å².